The third kappa shape index (κ3) is 4.36. The molecular formula is C39H28N2O. The quantitative estimate of drug-likeness (QED) is 0.220. The molecule has 1 aromatic heterocycles. The van der Waals surface area contributed by atoms with E-state index in [4.69, 9.17) is 9.40 Å². The van der Waals surface area contributed by atoms with E-state index in [1.54, 1.807) is 0 Å². The molecular weight excluding hydrogens is 512 g/mol. The lowest BCUT2D eigenvalue weighted by molar-refractivity contribution is 0.531. The molecule has 0 bridgehead atoms. The van der Waals surface area contributed by atoms with Crippen LogP contribution in [-0.2, 0) is 0 Å². The van der Waals surface area contributed by atoms with Gasteiger partial charge in [0.15, 0.2) is 5.42 Å². The molecule has 0 aliphatic heterocycles. The van der Waals surface area contributed by atoms with Crippen LogP contribution in [-0.4, -0.2) is 4.98 Å². The summed E-state index contributed by atoms with van der Waals surface area (Å²) in [7, 11) is 0. The highest BCUT2D eigenvalue weighted by molar-refractivity contribution is 5.87. The van der Waals surface area contributed by atoms with Crippen molar-refractivity contribution in [2.24, 2.45) is 5.92 Å². The van der Waals surface area contributed by atoms with Crippen LogP contribution < -0.4 is 15.7 Å². The highest BCUT2D eigenvalue weighted by Gasteiger charge is 2.24. The van der Waals surface area contributed by atoms with Crippen LogP contribution >= 0.6 is 0 Å². The highest BCUT2D eigenvalue weighted by Crippen LogP contribution is 2.37. The Balaban J connectivity index is 1.22. The molecule has 0 radical (unpaired) electrons. The van der Waals surface area contributed by atoms with Crippen molar-refractivity contribution in [1.29, 1.82) is 0 Å². The Morgan fingerprint density at radius 1 is 0.643 bits per heavy atom. The topological polar surface area (TPSA) is 29.3 Å². The van der Waals surface area contributed by atoms with Crippen molar-refractivity contribution in [2.45, 2.75) is 6.42 Å². The molecule has 200 valence electrons. The number of rotatable bonds is 5. The van der Waals surface area contributed by atoms with Crippen molar-refractivity contribution in [3.63, 3.8) is 0 Å². The van der Waals surface area contributed by atoms with Crippen LogP contribution in [0.2, 0.25) is 0 Å². The molecule has 8 rings (SSSR count). The van der Waals surface area contributed by atoms with Crippen LogP contribution in [0.3, 0.4) is 0 Å². The molecule has 0 saturated carbocycles. The molecule has 0 amide bonds. The van der Waals surface area contributed by atoms with Gasteiger partial charge in [0, 0.05) is 34.1 Å². The zero-order valence-corrected chi connectivity index (χ0v) is 23.0. The van der Waals surface area contributed by atoms with E-state index in [2.05, 4.69) is 126 Å². The van der Waals surface area contributed by atoms with Crippen molar-refractivity contribution in [2.75, 3.05) is 4.90 Å². The van der Waals surface area contributed by atoms with Crippen LogP contribution in [0.25, 0.3) is 45.0 Å². The molecule has 1 unspecified atom stereocenters. The molecule has 0 N–H and O–H groups in total. The van der Waals surface area contributed by atoms with E-state index in [1.807, 2.05) is 30.3 Å². The normalized spacial score (nSPS) is 15.5. The van der Waals surface area contributed by atoms with Crippen molar-refractivity contribution in [1.82, 2.24) is 4.98 Å². The van der Waals surface area contributed by atoms with Crippen molar-refractivity contribution < 1.29 is 4.42 Å². The minimum atomic E-state index is 0.269. The van der Waals surface area contributed by atoms with Crippen LogP contribution in [0.5, 0.6) is 0 Å². The summed E-state index contributed by atoms with van der Waals surface area (Å²) >= 11 is 0. The predicted molar refractivity (Wildman–Crippen MR) is 172 cm³/mol. The summed E-state index contributed by atoms with van der Waals surface area (Å²) in [6, 6.07) is 44.7. The molecule has 0 spiro atoms. The molecule has 3 heteroatoms. The third-order valence-electron chi connectivity index (χ3n) is 8.18. The Bertz CT molecular complexity index is 2100. The van der Waals surface area contributed by atoms with Gasteiger partial charge in [-0.05, 0) is 82.9 Å². The van der Waals surface area contributed by atoms with Gasteiger partial charge < -0.3 is 9.32 Å². The first-order chi connectivity index (χ1) is 20.8. The summed E-state index contributed by atoms with van der Waals surface area (Å²) in [5, 5.41) is 3.43. The first-order valence-electron chi connectivity index (χ1n) is 14.4. The Hall–Kier alpha value is -5.41. The summed E-state index contributed by atoms with van der Waals surface area (Å²) in [5.41, 5.74) is 8.75. The molecule has 1 atom stereocenters. The van der Waals surface area contributed by atoms with E-state index < -0.39 is 0 Å². The lowest BCUT2D eigenvalue weighted by atomic mass is 9.87. The molecule has 3 nitrogen and oxygen atoms in total. The van der Waals surface area contributed by atoms with Gasteiger partial charge in [-0.3, -0.25) is 0 Å². The monoisotopic (exact) mass is 540 g/mol. The van der Waals surface area contributed by atoms with Crippen LogP contribution in [0.4, 0.5) is 11.4 Å². The second-order valence-electron chi connectivity index (χ2n) is 10.8. The maximum absolute atomic E-state index is 6.42. The van der Waals surface area contributed by atoms with E-state index in [-0.39, 0.29) is 5.92 Å². The lowest BCUT2D eigenvalue weighted by Gasteiger charge is -2.30. The molecule has 2 aliphatic carbocycles. The maximum Gasteiger partial charge on any atom is 0.227 e. The largest absolute Gasteiger partial charge is 0.436 e. The average molecular weight is 541 g/mol. The Labute approximate surface area is 244 Å². The van der Waals surface area contributed by atoms with E-state index >= 15 is 0 Å². The number of nitrogens with zero attached hydrogens (tertiary/aromatic N) is 2. The average Bonchev–Trinajstić information content (AvgIpc) is 3.51. The van der Waals surface area contributed by atoms with Gasteiger partial charge in [0.25, 0.3) is 0 Å². The standard InChI is InChI=1S/C39H28N2O/c1-3-10-30(11-4-1)39-40-37-24-20-29-19-23-35(26-36(29)38(37)42-39)41(33-13-5-2-6-14-33)34-21-17-28(18-22-34)32-16-15-27-9-7-8-12-31(27)25-32/h1-19,21-26,29H,20H2. The third-order valence-corrected chi connectivity index (χ3v) is 8.18. The van der Waals surface area contributed by atoms with E-state index in [0.717, 1.165) is 39.8 Å². The van der Waals surface area contributed by atoms with Crippen molar-refractivity contribution >= 4 is 33.8 Å². The summed E-state index contributed by atoms with van der Waals surface area (Å²) in [6.07, 6.45) is 9.93. The zero-order chi connectivity index (χ0) is 27.9. The second kappa shape index (κ2) is 10.2. The Morgan fingerprint density at radius 3 is 2.14 bits per heavy atom. The van der Waals surface area contributed by atoms with Gasteiger partial charge in [-0.25, -0.2) is 4.98 Å². The summed E-state index contributed by atoms with van der Waals surface area (Å²) in [4.78, 5) is 7.16. The lowest BCUT2D eigenvalue weighted by Crippen LogP contribution is -2.32. The predicted octanol–water partition coefficient (Wildman–Crippen LogP) is 8.40. The first-order valence-corrected chi connectivity index (χ1v) is 14.4. The van der Waals surface area contributed by atoms with Gasteiger partial charge in [-0.1, -0.05) is 97.1 Å². The van der Waals surface area contributed by atoms with Gasteiger partial charge in [0.1, 0.15) is 5.35 Å². The number of oxazole rings is 1. The SMILES string of the molecule is C1=CC2CC=c3nc(-c4ccccc4)oc3=C2C=C1N(c1ccccc1)c1ccc(-c2ccc3ccccc3c2)cc1. The van der Waals surface area contributed by atoms with Crippen LogP contribution in [0.15, 0.2) is 156 Å². The second-order valence-corrected chi connectivity index (χ2v) is 10.8. The van der Waals surface area contributed by atoms with E-state index in [1.165, 1.54) is 27.5 Å². The number of hydrogen-bond acceptors (Lipinski definition) is 3. The minimum absolute atomic E-state index is 0.269. The minimum Gasteiger partial charge on any atom is -0.436 e. The first kappa shape index (κ1) is 24.4. The van der Waals surface area contributed by atoms with Crippen LogP contribution in [0.1, 0.15) is 6.42 Å². The number of allylic oxidation sites excluding steroid dienone is 3. The Morgan fingerprint density at radius 2 is 1.33 bits per heavy atom. The number of hydrogen-bond donors (Lipinski definition) is 0. The molecule has 5 aromatic carbocycles. The van der Waals surface area contributed by atoms with E-state index in [9.17, 15) is 0 Å². The van der Waals surface area contributed by atoms with Gasteiger partial charge in [-0.15, -0.1) is 0 Å². The van der Waals surface area contributed by atoms with E-state index in [0.29, 0.717) is 5.89 Å². The molecule has 1 heterocycles. The molecule has 6 aromatic rings. The van der Waals surface area contributed by atoms with Crippen molar-refractivity contribution in [3.8, 4) is 22.6 Å². The Kier molecular flexibility index (Phi) is 5.93. The van der Waals surface area contributed by atoms with Crippen molar-refractivity contribution in [3.05, 3.63) is 162 Å². The number of aromatic nitrogens is 1. The fourth-order valence-electron chi connectivity index (χ4n) is 6.03. The fraction of sp³-hybridized carbons (Fsp3) is 0.0513. The smallest absolute Gasteiger partial charge is 0.227 e. The zero-order valence-electron chi connectivity index (χ0n) is 23.0. The molecule has 0 fully saturated rings. The molecule has 0 saturated heterocycles. The summed E-state index contributed by atoms with van der Waals surface area (Å²) < 4.78 is 6.42. The number of benzene rings is 5. The number of para-hydroxylation sites is 1. The number of anilines is 2. The number of fused-ring (bicyclic) bond motifs is 3. The van der Waals surface area contributed by atoms with Gasteiger partial charge in [0.05, 0.1) is 0 Å². The van der Waals surface area contributed by atoms with Gasteiger partial charge in [0.2, 0.25) is 5.89 Å². The summed E-state index contributed by atoms with van der Waals surface area (Å²) in [5.74, 6) is 0.935. The molecule has 2 aliphatic rings. The fourth-order valence-corrected chi connectivity index (χ4v) is 6.03. The highest BCUT2D eigenvalue weighted by atomic mass is 16.3. The summed E-state index contributed by atoms with van der Waals surface area (Å²) in [6.45, 7) is 0. The van der Waals surface area contributed by atoms with Gasteiger partial charge in [-0.2, -0.15) is 0 Å². The van der Waals surface area contributed by atoms with Gasteiger partial charge >= 0.3 is 0 Å². The maximum atomic E-state index is 6.42. The van der Waals surface area contributed by atoms with Crippen LogP contribution in [0, 0.1) is 5.92 Å². The molecule has 42 heavy (non-hydrogen) atoms.